The molecule has 2 aromatic heterocycles. The smallest absolute Gasteiger partial charge is 0.153 e. The number of carbonyl (C=O) groups excluding carboxylic acids is 1. The van der Waals surface area contributed by atoms with Crippen LogP contribution in [-0.2, 0) is 0 Å². The highest BCUT2D eigenvalue weighted by Crippen LogP contribution is 2.38. The summed E-state index contributed by atoms with van der Waals surface area (Å²) >= 11 is 0. The van der Waals surface area contributed by atoms with Gasteiger partial charge in [-0.3, -0.25) is 4.79 Å². The first-order valence-corrected chi connectivity index (χ1v) is 7.75. The molecule has 2 heterocycles. The zero-order valence-electron chi connectivity index (χ0n) is 13.3. The van der Waals surface area contributed by atoms with Gasteiger partial charge < -0.3 is 10.3 Å². The van der Waals surface area contributed by atoms with E-state index >= 15 is 0 Å². The van der Waals surface area contributed by atoms with Crippen LogP contribution in [0.15, 0.2) is 35.4 Å². The first-order chi connectivity index (χ1) is 11.0. The number of anilines is 1. The number of hydrogen-bond donors (Lipinski definition) is 2. The van der Waals surface area contributed by atoms with Gasteiger partial charge in [-0.05, 0) is 38.2 Å². The largest absolute Gasteiger partial charge is 0.361 e. The van der Waals surface area contributed by atoms with Crippen LogP contribution < -0.4 is 5.32 Å². The molecule has 2 atom stereocenters. The molecule has 6 heteroatoms. The maximum atomic E-state index is 11.3. The van der Waals surface area contributed by atoms with Gasteiger partial charge in [0, 0.05) is 24.0 Å². The van der Waals surface area contributed by atoms with Gasteiger partial charge in [0.15, 0.2) is 6.29 Å². The fraction of sp³-hybridized carbons (Fsp3) is 0.412. The van der Waals surface area contributed by atoms with E-state index < -0.39 is 5.54 Å². The first-order valence-electron chi connectivity index (χ1n) is 7.75. The maximum absolute atomic E-state index is 11.3. The number of nitroso groups, excluding NO2 is 1. The minimum atomic E-state index is -0.541. The molecule has 0 bridgehead atoms. The van der Waals surface area contributed by atoms with E-state index in [0.29, 0.717) is 17.9 Å². The molecule has 1 unspecified atom stereocenters. The van der Waals surface area contributed by atoms with Gasteiger partial charge in [0.1, 0.15) is 11.2 Å². The van der Waals surface area contributed by atoms with Crippen LogP contribution in [-0.4, -0.2) is 21.8 Å². The Morgan fingerprint density at radius 2 is 2.35 bits per heavy atom. The van der Waals surface area contributed by atoms with E-state index in [1.807, 2.05) is 19.2 Å². The number of nitrogens with zero attached hydrogens (tertiary/aromatic N) is 2. The average Bonchev–Trinajstić information content (AvgIpc) is 3.00. The zero-order chi connectivity index (χ0) is 16.4. The SMILES string of the molecule is C[C@@H]1C/C(=C\Nc2c(C=O)cnc3[nH]ccc23)CC(C)(N=O)C1. The molecule has 120 valence electrons. The van der Waals surface area contributed by atoms with Crippen molar-refractivity contribution in [2.75, 3.05) is 5.32 Å². The van der Waals surface area contributed by atoms with Crippen molar-refractivity contribution in [3.63, 3.8) is 0 Å². The Hall–Kier alpha value is -2.50. The molecule has 0 aromatic carbocycles. The second kappa shape index (κ2) is 5.95. The Morgan fingerprint density at radius 1 is 1.52 bits per heavy atom. The van der Waals surface area contributed by atoms with Crippen LogP contribution in [0.4, 0.5) is 5.69 Å². The topological polar surface area (TPSA) is 87.2 Å². The Bertz CT molecular complexity index is 780. The normalized spacial score (nSPS) is 26.3. The minimum absolute atomic E-state index is 0.412. The van der Waals surface area contributed by atoms with Crippen molar-refractivity contribution >= 4 is 23.0 Å². The lowest BCUT2D eigenvalue weighted by Crippen LogP contribution is -2.30. The Labute approximate surface area is 134 Å². The van der Waals surface area contributed by atoms with E-state index in [4.69, 9.17) is 0 Å². The standard InChI is InChI=1S/C17H20N4O2/c1-11-5-12(7-17(2,6-11)21-23)8-19-15-13(10-22)9-20-16-14(15)3-4-18-16/h3-4,8-11H,5-7H2,1-2H3,(H2,18,19,20)/b12-8+/t11-,17?/m1/s1. The number of aldehydes is 1. The van der Waals surface area contributed by atoms with Crippen LogP contribution in [0.5, 0.6) is 0 Å². The van der Waals surface area contributed by atoms with E-state index in [0.717, 1.165) is 41.4 Å². The molecule has 0 radical (unpaired) electrons. The van der Waals surface area contributed by atoms with Crippen molar-refractivity contribution in [1.29, 1.82) is 0 Å². The van der Waals surface area contributed by atoms with Gasteiger partial charge in [0.25, 0.3) is 0 Å². The summed E-state index contributed by atoms with van der Waals surface area (Å²) in [5, 5.41) is 7.44. The zero-order valence-corrected chi connectivity index (χ0v) is 13.3. The van der Waals surface area contributed by atoms with Crippen LogP contribution in [0.3, 0.4) is 0 Å². The summed E-state index contributed by atoms with van der Waals surface area (Å²) in [4.78, 5) is 29.7. The quantitative estimate of drug-likeness (QED) is 0.659. The molecule has 1 fully saturated rings. The number of rotatable bonds is 4. The Morgan fingerprint density at radius 3 is 3.09 bits per heavy atom. The van der Waals surface area contributed by atoms with Gasteiger partial charge in [-0.25, -0.2) is 4.98 Å². The van der Waals surface area contributed by atoms with Crippen molar-refractivity contribution in [3.8, 4) is 0 Å². The highest BCUT2D eigenvalue weighted by molar-refractivity contribution is 5.99. The maximum Gasteiger partial charge on any atom is 0.153 e. The molecule has 2 aromatic rings. The van der Waals surface area contributed by atoms with Crippen molar-refractivity contribution < 1.29 is 4.79 Å². The number of carbonyl (C=O) groups is 1. The molecule has 2 N–H and O–H groups in total. The summed E-state index contributed by atoms with van der Waals surface area (Å²) in [6.45, 7) is 4.03. The lowest BCUT2D eigenvalue weighted by atomic mass is 9.76. The van der Waals surface area contributed by atoms with Crippen LogP contribution in [0.2, 0.25) is 0 Å². The Balaban J connectivity index is 1.91. The number of aromatic amines is 1. The summed E-state index contributed by atoms with van der Waals surface area (Å²) < 4.78 is 0. The third-order valence-corrected chi connectivity index (χ3v) is 4.39. The van der Waals surface area contributed by atoms with E-state index in [1.165, 1.54) is 0 Å². The van der Waals surface area contributed by atoms with Gasteiger partial charge in [0.05, 0.1) is 11.3 Å². The fourth-order valence-corrected chi connectivity index (χ4v) is 3.53. The number of fused-ring (bicyclic) bond motifs is 1. The number of H-pyrrole nitrogens is 1. The third kappa shape index (κ3) is 3.02. The summed E-state index contributed by atoms with van der Waals surface area (Å²) in [7, 11) is 0. The number of aromatic nitrogens is 2. The monoisotopic (exact) mass is 312 g/mol. The predicted octanol–water partition coefficient (Wildman–Crippen LogP) is 4.02. The first kappa shape index (κ1) is 15.4. The lowest BCUT2D eigenvalue weighted by Gasteiger charge is -2.32. The van der Waals surface area contributed by atoms with Crippen molar-refractivity contribution in [1.82, 2.24) is 9.97 Å². The predicted molar refractivity (Wildman–Crippen MR) is 90.4 cm³/mol. The van der Waals surface area contributed by atoms with E-state index in [2.05, 4.69) is 27.4 Å². The van der Waals surface area contributed by atoms with Gasteiger partial charge in [0.2, 0.25) is 0 Å². The molecule has 0 spiro atoms. The summed E-state index contributed by atoms with van der Waals surface area (Å²) in [6.07, 6.45) is 8.43. The third-order valence-electron chi connectivity index (χ3n) is 4.39. The highest BCUT2D eigenvalue weighted by Gasteiger charge is 2.34. The molecular formula is C17H20N4O2. The Kier molecular flexibility index (Phi) is 3.98. The number of nitrogens with one attached hydrogen (secondary N) is 2. The average molecular weight is 312 g/mol. The summed E-state index contributed by atoms with van der Waals surface area (Å²) in [5.74, 6) is 0.412. The molecule has 0 saturated heterocycles. The summed E-state index contributed by atoms with van der Waals surface area (Å²) in [6, 6.07) is 1.89. The fourth-order valence-electron chi connectivity index (χ4n) is 3.53. The van der Waals surface area contributed by atoms with E-state index in [-0.39, 0.29) is 0 Å². The number of pyridine rings is 1. The lowest BCUT2D eigenvalue weighted by molar-refractivity contribution is 0.112. The van der Waals surface area contributed by atoms with E-state index in [9.17, 15) is 9.70 Å². The van der Waals surface area contributed by atoms with Gasteiger partial charge >= 0.3 is 0 Å². The molecule has 0 amide bonds. The van der Waals surface area contributed by atoms with Crippen molar-refractivity contribution in [2.24, 2.45) is 11.1 Å². The second-order valence-electron chi connectivity index (χ2n) is 6.67. The van der Waals surface area contributed by atoms with Crippen LogP contribution in [0.1, 0.15) is 43.5 Å². The molecule has 1 aliphatic rings. The highest BCUT2D eigenvalue weighted by atomic mass is 16.3. The summed E-state index contributed by atoms with van der Waals surface area (Å²) in [5.41, 5.74) is 2.57. The van der Waals surface area contributed by atoms with Gasteiger partial charge in [-0.2, -0.15) is 4.91 Å². The second-order valence-corrected chi connectivity index (χ2v) is 6.67. The van der Waals surface area contributed by atoms with Crippen molar-refractivity contribution in [2.45, 2.75) is 38.6 Å². The molecule has 1 aliphatic carbocycles. The van der Waals surface area contributed by atoms with Crippen LogP contribution in [0, 0.1) is 10.8 Å². The van der Waals surface area contributed by atoms with Crippen molar-refractivity contribution in [3.05, 3.63) is 40.7 Å². The molecule has 1 saturated carbocycles. The van der Waals surface area contributed by atoms with Gasteiger partial charge in [-0.1, -0.05) is 17.7 Å². The van der Waals surface area contributed by atoms with Gasteiger partial charge in [-0.15, -0.1) is 0 Å². The molecule has 6 nitrogen and oxygen atoms in total. The molecule has 0 aliphatic heterocycles. The van der Waals surface area contributed by atoms with E-state index in [1.54, 1.807) is 12.4 Å². The number of hydrogen-bond acceptors (Lipinski definition) is 5. The van der Waals surface area contributed by atoms with Crippen LogP contribution >= 0.6 is 0 Å². The molecule has 3 rings (SSSR count). The molecular weight excluding hydrogens is 292 g/mol. The minimum Gasteiger partial charge on any atom is -0.361 e. The van der Waals surface area contributed by atoms with Crippen LogP contribution in [0.25, 0.3) is 11.0 Å². The molecule has 23 heavy (non-hydrogen) atoms.